The predicted octanol–water partition coefficient (Wildman–Crippen LogP) is 5.10. The summed E-state index contributed by atoms with van der Waals surface area (Å²) in [5.41, 5.74) is 2.25. The molecule has 1 heterocycles. The van der Waals surface area contributed by atoms with Gasteiger partial charge >= 0.3 is 0 Å². The molecular weight excluding hydrogens is 300 g/mol. The molecule has 4 aromatic carbocycles. The maximum Gasteiger partial charge on any atom is 0.131 e. The van der Waals surface area contributed by atoms with Gasteiger partial charge in [0.25, 0.3) is 0 Å². The summed E-state index contributed by atoms with van der Waals surface area (Å²) in [7, 11) is 0. The smallest absolute Gasteiger partial charge is 0.131 e. The number of phenols is 2. The summed E-state index contributed by atoms with van der Waals surface area (Å²) < 4.78 is 6.13. The summed E-state index contributed by atoms with van der Waals surface area (Å²) in [6.45, 7) is 0. The Balaban J connectivity index is 1.76. The van der Waals surface area contributed by atoms with Gasteiger partial charge in [-0.25, -0.2) is 0 Å². The maximum atomic E-state index is 9.70. The molecule has 5 rings (SSSR count). The van der Waals surface area contributed by atoms with Gasteiger partial charge in [-0.3, -0.25) is 0 Å². The molecule has 0 amide bonds. The molecule has 0 spiro atoms. The van der Waals surface area contributed by atoms with Gasteiger partial charge in [-0.15, -0.1) is 0 Å². The van der Waals surface area contributed by atoms with Crippen LogP contribution in [0.4, 0.5) is 0 Å². The summed E-state index contributed by atoms with van der Waals surface area (Å²) in [6, 6.07) is 18.7. The van der Waals surface area contributed by atoms with Crippen LogP contribution in [-0.2, 0) is 6.42 Å². The fourth-order valence-corrected chi connectivity index (χ4v) is 3.57. The molecule has 3 heteroatoms. The number of aromatic hydroxyl groups is 2. The van der Waals surface area contributed by atoms with E-state index in [0.717, 1.165) is 50.6 Å². The number of benzene rings is 4. The fraction of sp³-hybridized carbons (Fsp3) is 0.0476. The zero-order valence-electron chi connectivity index (χ0n) is 12.8. The van der Waals surface area contributed by atoms with Crippen LogP contribution in [0.5, 0.6) is 23.0 Å². The summed E-state index contributed by atoms with van der Waals surface area (Å²) in [4.78, 5) is 0. The summed E-state index contributed by atoms with van der Waals surface area (Å²) >= 11 is 0. The molecule has 1 aliphatic rings. The van der Waals surface area contributed by atoms with Gasteiger partial charge in [0.2, 0.25) is 0 Å². The normalized spacial score (nSPS) is 12.7. The van der Waals surface area contributed by atoms with Crippen LogP contribution < -0.4 is 4.74 Å². The van der Waals surface area contributed by atoms with Gasteiger partial charge in [-0.2, -0.15) is 0 Å². The van der Waals surface area contributed by atoms with Crippen LogP contribution in [0.1, 0.15) is 11.1 Å². The number of rotatable bonds is 0. The Hall–Kier alpha value is -3.20. The Morgan fingerprint density at radius 1 is 0.625 bits per heavy atom. The third-order valence-corrected chi connectivity index (χ3v) is 4.72. The van der Waals surface area contributed by atoms with E-state index < -0.39 is 0 Å². The van der Waals surface area contributed by atoms with Gasteiger partial charge in [0.1, 0.15) is 23.0 Å². The van der Waals surface area contributed by atoms with Crippen LogP contribution >= 0.6 is 0 Å². The Bertz CT molecular complexity index is 1040. The molecule has 116 valence electrons. The van der Waals surface area contributed by atoms with Gasteiger partial charge in [0.05, 0.1) is 0 Å². The quantitative estimate of drug-likeness (QED) is 0.418. The third kappa shape index (κ3) is 1.85. The van der Waals surface area contributed by atoms with E-state index in [2.05, 4.69) is 0 Å². The average molecular weight is 314 g/mol. The lowest BCUT2D eigenvalue weighted by atomic mass is 9.91. The van der Waals surface area contributed by atoms with Crippen LogP contribution in [0.25, 0.3) is 21.5 Å². The average Bonchev–Trinajstić information content (AvgIpc) is 2.59. The minimum atomic E-state index is 0.264. The van der Waals surface area contributed by atoms with Crippen molar-refractivity contribution in [2.75, 3.05) is 0 Å². The number of hydrogen-bond donors (Lipinski definition) is 2. The topological polar surface area (TPSA) is 49.7 Å². The molecule has 1 aliphatic heterocycles. The highest BCUT2D eigenvalue weighted by molar-refractivity contribution is 5.93. The van der Waals surface area contributed by atoms with Crippen LogP contribution in [0.15, 0.2) is 60.7 Å². The van der Waals surface area contributed by atoms with Crippen molar-refractivity contribution in [2.24, 2.45) is 0 Å². The number of ether oxygens (including phenoxy) is 1. The predicted molar refractivity (Wildman–Crippen MR) is 94.1 cm³/mol. The standard InChI is InChI=1S/C21H14O3/c22-14-3-5-16-12(9-14)1-7-20-18(16)11-19-17-6-4-15(23)10-13(17)2-8-21(19)24-20/h1-10,22-23H,11H2. The third-order valence-electron chi connectivity index (χ3n) is 4.72. The zero-order chi connectivity index (χ0) is 16.3. The summed E-state index contributed by atoms with van der Waals surface area (Å²) in [5.74, 6) is 2.25. The number of fused-ring (bicyclic) bond motifs is 6. The molecule has 0 bridgehead atoms. The van der Waals surface area contributed by atoms with E-state index in [1.165, 1.54) is 0 Å². The first kappa shape index (κ1) is 13.3. The van der Waals surface area contributed by atoms with Crippen molar-refractivity contribution in [3.63, 3.8) is 0 Å². The largest absolute Gasteiger partial charge is 0.508 e. The van der Waals surface area contributed by atoms with E-state index in [0.29, 0.717) is 0 Å². The van der Waals surface area contributed by atoms with E-state index in [-0.39, 0.29) is 11.5 Å². The molecule has 0 fully saturated rings. The molecule has 0 saturated heterocycles. The monoisotopic (exact) mass is 314 g/mol. The molecular formula is C21H14O3. The minimum absolute atomic E-state index is 0.264. The number of hydrogen-bond acceptors (Lipinski definition) is 3. The highest BCUT2D eigenvalue weighted by Gasteiger charge is 2.21. The van der Waals surface area contributed by atoms with Gasteiger partial charge in [0, 0.05) is 17.5 Å². The van der Waals surface area contributed by atoms with Crippen LogP contribution in [0.2, 0.25) is 0 Å². The molecule has 0 unspecified atom stereocenters. The molecule has 0 aliphatic carbocycles. The molecule has 0 atom stereocenters. The first-order valence-electron chi connectivity index (χ1n) is 7.86. The van der Waals surface area contributed by atoms with Gasteiger partial charge in [-0.05, 0) is 57.9 Å². The van der Waals surface area contributed by atoms with Crippen molar-refractivity contribution < 1.29 is 14.9 Å². The van der Waals surface area contributed by atoms with Crippen molar-refractivity contribution in [3.8, 4) is 23.0 Å². The summed E-state index contributed by atoms with van der Waals surface area (Å²) in [6.07, 6.45) is 0.759. The van der Waals surface area contributed by atoms with Crippen molar-refractivity contribution in [3.05, 3.63) is 71.8 Å². The number of phenolic OH excluding ortho intramolecular Hbond substituents is 2. The lowest BCUT2D eigenvalue weighted by Crippen LogP contribution is -2.04. The van der Waals surface area contributed by atoms with Gasteiger partial charge in [0.15, 0.2) is 0 Å². The molecule has 0 saturated carbocycles. The second-order valence-electron chi connectivity index (χ2n) is 6.17. The van der Waals surface area contributed by atoms with E-state index in [9.17, 15) is 10.2 Å². The first-order valence-corrected chi connectivity index (χ1v) is 7.86. The van der Waals surface area contributed by atoms with Gasteiger partial charge < -0.3 is 14.9 Å². The Kier molecular flexibility index (Phi) is 2.57. The second kappa shape index (κ2) is 4.65. The van der Waals surface area contributed by atoms with Crippen molar-refractivity contribution in [1.29, 1.82) is 0 Å². The SMILES string of the molecule is Oc1ccc2c3c(ccc2c1)Oc1ccc2cc(O)ccc2c1C3. The van der Waals surface area contributed by atoms with Crippen LogP contribution in [0, 0.1) is 0 Å². The lowest BCUT2D eigenvalue weighted by Gasteiger charge is -2.23. The fourth-order valence-electron chi connectivity index (χ4n) is 3.57. The highest BCUT2D eigenvalue weighted by Crippen LogP contribution is 2.43. The Labute approximate surface area is 138 Å². The maximum absolute atomic E-state index is 9.70. The Morgan fingerprint density at radius 3 is 1.62 bits per heavy atom. The second-order valence-corrected chi connectivity index (χ2v) is 6.17. The van der Waals surface area contributed by atoms with Crippen molar-refractivity contribution in [1.82, 2.24) is 0 Å². The van der Waals surface area contributed by atoms with E-state index in [4.69, 9.17) is 4.74 Å². The molecule has 4 aromatic rings. The first-order chi connectivity index (χ1) is 11.7. The van der Waals surface area contributed by atoms with Crippen molar-refractivity contribution in [2.45, 2.75) is 6.42 Å². The summed E-state index contributed by atoms with van der Waals surface area (Å²) in [5, 5.41) is 23.6. The zero-order valence-corrected chi connectivity index (χ0v) is 12.8. The highest BCUT2D eigenvalue weighted by atomic mass is 16.5. The lowest BCUT2D eigenvalue weighted by molar-refractivity contribution is 0.462. The molecule has 2 N–H and O–H groups in total. The van der Waals surface area contributed by atoms with Crippen molar-refractivity contribution >= 4 is 21.5 Å². The molecule has 0 radical (unpaired) electrons. The van der Waals surface area contributed by atoms with E-state index >= 15 is 0 Å². The van der Waals surface area contributed by atoms with Gasteiger partial charge in [-0.1, -0.05) is 24.3 Å². The van der Waals surface area contributed by atoms with Crippen LogP contribution in [0.3, 0.4) is 0 Å². The Morgan fingerprint density at radius 2 is 1.12 bits per heavy atom. The van der Waals surface area contributed by atoms with E-state index in [1.807, 2.05) is 36.4 Å². The minimum Gasteiger partial charge on any atom is -0.508 e. The van der Waals surface area contributed by atoms with E-state index in [1.54, 1.807) is 24.3 Å². The van der Waals surface area contributed by atoms with Crippen LogP contribution in [-0.4, -0.2) is 10.2 Å². The molecule has 0 aromatic heterocycles. The molecule has 24 heavy (non-hydrogen) atoms. The molecule has 3 nitrogen and oxygen atoms in total.